The topological polar surface area (TPSA) is 83.6 Å². The van der Waals surface area contributed by atoms with Crippen LogP contribution in [0.25, 0.3) is 0 Å². The summed E-state index contributed by atoms with van der Waals surface area (Å²) in [4.78, 5) is 16.1. The van der Waals surface area contributed by atoms with Gasteiger partial charge in [-0.05, 0) is 23.0 Å². The summed E-state index contributed by atoms with van der Waals surface area (Å²) in [5.41, 5.74) is 2.36. The van der Waals surface area contributed by atoms with Gasteiger partial charge in [0.2, 0.25) is 5.91 Å². The summed E-state index contributed by atoms with van der Waals surface area (Å²) in [7, 11) is 0. The Kier molecular flexibility index (Phi) is 5.69. The molecule has 6 nitrogen and oxygen atoms in total. The van der Waals surface area contributed by atoms with E-state index in [4.69, 9.17) is 5.26 Å². The molecule has 0 aliphatic carbocycles. The number of nitrogens with one attached hydrogen (secondary N) is 1. The lowest BCUT2D eigenvalue weighted by Gasteiger charge is -2.23. The Morgan fingerprint density at radius 1 is 1.21 bits per heavy atom. The van der Waals surface area contributed by atoms with Gasteiger partial charge in [0.15, 0.2) is 0 Å². The van der Waals surface area contributed by atoms with Crippen molar-refractivity contribution >= 4 is 5.91 Å². The van der Waals surface area contributed by atoms with Crippen LogP contribution >= 0.6 is 0 Å². The molecule has 1 aromatic carbocycles. The van der Waals surface area contributed by atoms with Crippen molar-refractivity contribution in [2.45, 2.75) is 46.2 Å². The molecule has 1 aromatic heterocycles. The van der Waals surface area contributed by atoms with E-state index in [2.05, 4.69) is 67.4 Å². The first-order valence-corrected chi connectivity index (χ1v) is 8.09. The molecule has 1 N–H and O–H groups in total. The van der Waals surface area contributed by atoms with E-state index in [9.17, 15) is 4.79 Å². The number of rotatable bonds is 6. The van der Waals surface area contributed by atoms with Crippen LogP contribution in [0.4, 0.5) is 0 Å². The lowest BCUT2D eigenvalue weighted by atomic mass is 9.93. The molecule has 0 aliphatic heterocycles. The number of benzene rings is 1. The third kappa shape index (κ3) is 4.42. The second-order valence-corrected chi connectivity index (χ2v) is 6.49. The van der Waals surface area contributed by atoms with E-state index in [1.807, 2.05) is 6.07 Å². The van der Waals surface area contributed by atoms with Crippen LogP contribution in [0.1, 0.15) is 56.6 Å². The highest BCUT2D eigenvalue weighted by Crippen LogP contribution is 2.24. The first-order chi connectivity index (χ1) is 11.4. The molecule has 2 rings (SSSR count). The second kappa shape index (κ2) is 7.73. The zero-order valence-corrected chi connectivity index (χ0v) is 14.5. The highest BCUT2D eigenvalue weighted by atomic mass is 16.2. The van der Waals surface area contributed by atoms with E-state index >= 15 is 0 Å². The van der Waals surface area contributed by atoms with Gasteiger partial charge in [-0.15, -0.1) is 5.10 Å². The van der Waals surface area contributed by atoms with Gasteiger partial charge in [-0.2, -0.15) is 5.26 Å². The van der Waals surface area contributed by atoms with Crippen LogP contribution in [0.5, 0.6) is 0 Å². The standard InChI is InChI=1S/C18H23N5O/c1-12(2)14-5-7-15(8-6-14)18(13(3)4)21-17(24)10-23-11-20-16(9-19)22-23/h5-8,11-13,18H,10H2,1-4H3,(H,21,24). The first kappa shape index (κ1) is 17.7. The molecule has 2 aromatic rings. The predicted octanol–water partition coefficient (Wildman–Crippen LogP) is 2.79. The van der Waals surface area contributed by atoms with Gasteiger partial charge in [-0.3, -0.25) is 4.79 Å². The molecular weight excluding hydrogens is 302 g/mol. The Hall–Kier alpha value is -2.68. The smallest absolute Gasteiger partial charge is 0.252 e. The van der Waals surface area contributed by atoms with E-state index < -0.39 is 0 Å². The molecule has 0 spiro atoms. The predicted molar refractivity (Wildman–Crippen MR) is 91.0 cm³/mol. The van der Waals surface area contributed by atoms with Crippen LogP contribution in [-0.4, -0.2) is 20.7 Å². The minimum Gasteiger partial charge on any atom is -0.347 e. The average molecular weight is 325 g/mol. The maximum atomic E-state index is 12.3. The number of aromatic nitrogens is 3. The Labute approximate surface area is 142 Å². The Balaban J connectivity index is 2.07. The number of hydrogen-bond acceptors (Lipinski definition) is 4. The summed E-state index contributed by atoms with van der Waals surface area (Å²) < 4.78 is 1.37. The fourth-order valence-electron chi connectivity index (χ4n) is 2.51. The minimum atomic E-state index is -0.156. The Bertz CT molecular complexity index is 725. The molecule has 0 radical (unpaired) electrons. The van der Waals surface area contributed by atoms with Crippen molar-refractivity contribution in [2.24, 2.45) is 5.92 Å². The minimum absolute atomic E-state index is 0.0436. The zero-order valence-electron chi connectivity index (χ0n) is 14.5. The van der Waals surface area contributed by atoms with Gasteiger partial charge >= 0.3 is 0 Å². The van der Waals surface area contributed by atoms with E-state index in [0.29, 0.717) is 5.92 Å². The molecule has 0 bridgehead atoms. The highest BCUT2D eigenvalue weighted by molar-refractivity contribution is 5.76. The number of hydrogen-bond donors (Lipinski definition) is 1. The van der Waals surface area contributed by atoms with Crippen LogP contribution in [0.15, 0.2) is 30.6 Å². The largest absolute Gasteiger partial charge is 0.347 e. The van der Waals surface area contributed by atoms with Gasteiger partial charge in [-0.1, -0.05) is 52.0 Å². The fourth-order valence-corrected chi connectivity index (χ4v) is 2.51. The van der Waals surface area contributed by atoms with E-state index in [-0.39, 0.29) is 30.2 Å². The fraction of sp³-hybridized carbons (Fsp3) is 0.444. The van der Waals surface area contributed by atoms with Crippen molar-refractivity contribution in [3.8, 4) is 6.07 Å². The Morgan fingerprint density at radius 2 is 1.83 bits per heavy atom. The molecule has 1 heterocycles. The quantitative estimate of drug-likeness (QED) is 0.885. The van der Waals surface area contributed by atoms with Crippen molar-refractivity contribution in [1.82, 2.24) is 20.1 Å². The number of carbonyl (C=O) groups is 1. The van der Waals surface area contributed by atoms with Crippen molar-refractivity contribution in [1.29, 1.82) is 5.26 Å². The lowest BCUT2D eigenvalue weighted by molar-refractivity contribution is -0.122. The van der Waals surface area contributed by atoms with Crippen LogP contribution in [0.3, 0.4) is 0 Å². The highest BCUT2D eigenvalue weighted by Gasteiger charge is 2.19. The van der Waals surface area contributed by atoms with Crippen LogP contribution in [0.2, 0.25) is 0 Å². The van der Waals surface area contributed by atoms with Crippen LogP contribution in [0, 0.1) is 17.2 Å². The maximum Gasteiger partial charge on any atom is 0.252 e. The molecule has 0 saturated carbocycles. The van der Waals surface area contributed by atoms with Gasteiger partial charge in [0.25, 0.3) is 5.82 Å². The maximum absolute atomic E-state index is 12.3. The van der Waals surface area contributed by atoms with Gasteiger partial charge in [0.05, 0.1) is 6.04 Å². The molecule has 0 aliphatic rings. The monoisotopic (exact) mass is 325 g/mol. The molecule has 0 saturated heterocycles. The third-order valence-electron chi connectivity index (χ3n) is 3.89. The normalized spacial score (nSPS) is 12.2. The summed E-state index contributed by atoms with van der Waals surface area (Å²) in [6.45, 7) is 8.51. The van der Waals surface area contributed by atoms with Gasteiger partial charge in [0.1, 0.15) is 18.9 Å². The van der Waals surface area contributed by atoms with Gasteiger partial charge < -0.3 is 5.32 Å². The molecule has 1 unspecified atom stereocenters. The van der Waals surface area contributed by atoms with Gasteiger partial charge in [-0.25, -0.2) is 9.67 Å². The molecule has 0 fully saturated rings. The number of nitriles is 1. The molecule has 24 heavy (non-hydrogen) atoms. The van der Waals surface area contributed by atoms with Crippen LogP contribution < -0.4 is 5.32 Å². The van der Waals surface area contributed by atoms with Crippen molar-refractivity contribution in [2.75, 3.05) is 0 Å². The summed E-state index contributed by atoms with van der Waals surface area (Å²) in [5, 5.41) is 15.7. The number of carbonyl (C=O) groups excluding carboxylic acids is 1. The summed E-state index contributed by atoms with van der Waals surface area (Å²) in [6.07, 6.45) is 1.39. The summed E-state index contributed by atoms with van der Waals surface area (Å²) in [6, 6.07) is 10.1. The Morgan fingerprint density at radius 3 is 2.33 bits per heavy atom. The number of amides is 1. The molecular formula is C18H23N5O. The summed E-state index contributed by atoms with van der Waals surface area (Å²) >= 11 is 0. The average Bonchev–Trinajstić information content (AvgIpc) is 3.00. The molecule has 1 atom stereocenters. The third-order valence-corrected chi connectivity index (χ3v) is 3.89. The molecule has 1 amide bonds. The zero-order chi connectivity index (χ0) is 17.7. The molecule has 126 valence electrons. The SMILES string of the molecule is CC(C)c1ccc(C(NC(=O)Cn2cnc(C#N)n2)C(C)C)cc1. The number of nitrogens with zero attached hydrogens (tertiary/aromatic N) is 4. The van der Waals surface area contributed by atoms with Crippen LogP contribution in [-0.2, 0) is 11.3 Å². The van der Waals surface area contributed by atoms with E-state index in [1.165, 1.54) is 16.6 Å². The molecule has 6 heteroatoms. The summed E-state index contributed by atoms with van der Waals surface area (Å²) in [5.74, 6) is 0.639. The second-order valence-electron chi connectivity index (χ2n) is 6.49. The van der Waals surface area contributed by atoms with Crippen molar-refractivity contribution in [3.05, 3.63) is 47.5 Å². The van der Waals surface area contributed by atoms with Gasteiger partial charge in [0, 0.05) is 0 Å². The van der Waals surface area contributed by atoms with Crippen molar-refractivity contribution in [3.63, 3.8) is 0 Å². The lowest BCUT2D eigenvalue weighted by Crippen LogP contribution is -2.34. The van der Waals surface area contributed by atoms with E-state index in [1.54, 1.807) is 0 Å². The van der Waals surface area contributed by atoms with E-state index in [0.717, 1.165) is 5.56 Å². The van der Waals surface area contributed by atoms with Crippen molar-refractivity contribution < 1.29 is 4.79 Å². The first-order valence-electron chi connectivity index (χ1n) is 8.09.